The number of nitrogens with zero attached hydrogens (tertiary/aromatic N) is 5. The first kappa shape index (κ1) is 19.0. The number of likely N-dealkylation sites (tertiary alicyclic amines) is 1. The van der Waals surface area contributed by atoms with Gasteiger partial charge in [0.2, 0.25) is 5.82 Å². The second kappa shape index (κ2) is 8.06. The first-order valence-corrected chi connectivity index (χ1v) is 10.2. The number of hydrogen-bond donors (Lipinski definition) is 0. The zero-order valence-corrected chi connectivity index (χ0v) is 17.0. The number of carbonyl (C=O) groups is 1. The molecule has 0 unspecified atom stereocenters. The van der Waals surface area contributed by atoms with Crippen LogP contribution in [-0.4, -0.2) is 49.9 Å². The summed E-state index contributed by atoms with van der Waals surface area (Å²) in [6.45, 7) is 3.74. The van der Waals surface area contributed by atoms with E-state index >= 15 is 0 Å². The van der Waals surface area contributed by atoms with Crippen molar-refractivity contribution in [1.82, 2.24) is 24.8 Å². The summed E-state index contributed by atoms with van der Waals surface area (Å²) in [5.41, 5.74) is 2.34. The van der Waals surface area contributed by atoms with E-state index in [1.165, 1.54) is 0 Å². The maximum atomic E-state index is 12.6. The quantitative estimate of drug-likeness (QED) is 0.479. The summed E-state index contributed by atoms with van der Waals surface area (Å²) in [4.78, 5) is 18.8. The monoisotopic (exact) mass is 415 g/mol. The van der Waals surface area contributed by atoms with Gasteiger partial charge in [-0.2, -0.15) is 10.1 Å². The van der Waals surface area contributed by atoms with Gasteiger partial charge >= 0.3 is 0 Å². The summed E-state index contributed by atoms with van der Waals surface area (Å²) >= 11 is 0. The summed E-state index contributed by atoms with van der Waals surface area (Å²) in [6.07, 6.45) is 1.62. The van der Waals surface area contributed by atoms with Crippen molar-refractivity contribution < 1.29 is 14.1 Å². The largest absolute Gasteiger partial charge is 0.487 e. The normalized spacial score (nSPS) is 13.8. The third-order valence-corrected chi connectivity index (χ3v) is 5.23. The van der Waals surface area contributed by atoms with Gasteiger partial charge in [0, 0.05) is 23.9 Å². The molecule has 0 radical (unpaired) electrons. The van der Waals surface area contributed by atoms with E-state index in [1.54, 1.807) is 21.8 Å². The fraction of sp³-hybridized carbons (Fsp3) is 0.217. The number of carbonyl (C=O) groups excluding carboxylic acids is 1. The zero-order chi connectivity index (χ0) is 21.2. The van der Waals surface area contributed by atoms with Crippen LogP contribution < -0.4 is 4.74 Å². The molecule has 8 heteroatoms. The van der Waals surface area contributed by atoms with Crippen LogP contribution in [0.15, 0.2) is 71.4 Å². The van der Waals surface area contributed by atoms with E-state index in [1.807, 2.05) is 61.5 Å². The van der Waals surface area contributed by atoms with Crippen molar-refractivity contribution in [2.24, 2.45) is 0 Å². The average molecular weight is 415 g/mol. The van der Waals surface area contributed by atoms with Crippen LogP contribution in [0.1, 0.15) is 17.4 Å². The molecule has 0 bridgehead atoms. The second-order valence-electron chi connectivity index (χ2n) is 7.30. The highest BCUT2D eigenvalue weighted by atomic mass is 16.5. The van der Waals surface area contributed by atoms with E-state index in [0.717, 1.165) is 16.9 Å². The van der Waals surface area contributed by atoms with Crippen molar-refractivity contribution in [3.05, 3.63) is 72.6 Å². The Kier molecular flexibility index (Phi) is 4.95. The topological polar surface area (TPSA) is 86.3 Å². The molecule has 2 aromatic carbocycles. The highest BCUT2D eigenvalue weighted by Crippen LogP contribution is 2.26. The van der Waals surface area contributed by atoms with E-state index in [9.17, 15) is 4.79 Å². The van der Waals surface area contributed by atoms with Gasteiger partial charge in [0.15, 0.2) is 0 Å². The summed E-state index contributed by atoms with van der Waals surface area (Å²) in [7, 11) is 0. The number of benzene rings is 2. The Morgan fingerprint density at radius 3 is 2.58 bits per heavy atom. The molecule has 4 aromatic rings. The Morgan fingerprint density at radius 2 is 1.84 bits per heavy atom. The lowest BCUT2D eigenvalue weighted by Gasteiger charge is -2.38. The predicted molar refractivity (Wildman–Crippen MR) is 113 cm³/mol. The molecule has 2 aromatic heterocycles. The van der Waals surface area contributed by atoms with Gasteiger partial charge in [0.25, 0.3) is 11.8 Å². The fourth-order valence-electron chi connectivity index (χ4n) is 3.52. The molecule has 0 saturated carbocycles. The first-order valence-electron chi connectivity index (χ1n) is 10.2. The van der Waals surface area contributed by atoms with Crippen LogP contribution in [0.5, 0.6) is 5.75 Å². The Morgan fingerprint density at radius 1 is 1.06 bits per heavy atom. The van der Waals surface area contributed by atoms with Gasteiger partial charge in [-0.3, -0.25) is 9.48 Å². The minimum absolute atomic E-state index is 0.0137. The van der Waals surface area contributed by atoms with E-state index in [-0.39, 0.29) is 12.0 Å². The van der Waals surface area contributed by atoms with Crippen LogP contribution in [-0.2, 0) is 6.54 Å². The summed E-state index contributed by atoms with van der Waals surface area (Å²) in [6, 6.07) is 19.0. The van der Waals surface area contributed by atoms with Gasteiger partial charge in [-0.25, -0.2) is 0 Å². The van der Waals surface area contributed by atoms with Gasteiger partial charge < -0.3 is 14.2 Å². The molecule has 1 fully saturated rings. The van der Waals surface area contributed by atoms with E-state index in [4.69, 9.17) is 9.26 Å². The molecule has 3 heterocycles. The van der Waals surface area contributed by atoms with E-state index < -0.39 is 0 Å². The number of aryl methyl sites for hydroxylation is 1. The predicted octanol–water partition coefficient (Wildman–Crippen LogP) is 3.52. The van der Waals surface area contributed by atoms with Gasteiger partial charge in [-0.05, 0) is 37.3 Å². The van der Waals surface area contributed by atoms with Gasteiger partial charge in [-0.1, -0.05) is 35.5 Å². The van der Waals surface area contributed by atoms with Crippen molar-refractivity contribution in [3.63, 3.8) is 0 Å². The number of ether oxygens (including phenoxy) is 1. The fourth-order valence-corrected chi connectivity index (χ4v) is 3.52. The highest BCUT2D eigenvalue weighted by molar-refractivity contribution is 5.93. The van der Waals surface area contributed by atoms with Crippen molar-refractivity contribution >= 4 is 5.91 Å². The summed E-state index contributed by atoms with van der Waals surface area (Å²) < 4.78 is 13.1. The molecule has 1 saturated heterocycles. The number of amides is 1. The molecule has 1 aliphatic rings. The lowest BCUT2D eigenvalue weighted by molar-refractivity contribution is 0.0169. The molecule has 0 aliphatic carbocycles. The van der Waals surface area contributed by atoms with Crippen molar-refractivity contribution in [3.8, 4) is 28.6 Å². The number of hydrogen-bond acceptors (Lipinski definition) is 6. The minimum Gasteiger partial charge on any atom is -0.487 e. The molecule has 156 valence electrons. The van der Waals surface area contributed by atoms with Gasteiger partial charge in [-0.15, -0.1) is 0 Å². The zero-order valence-electron chi connectivity index (χ0n) is 17.0. The van der Waals surface area contributed by atoms with Gasteiger partial charge in [0.1, 0.15) is 17.5 Å². The van der Waals surface area contributed by atoms with Crippen molar-refractivity contribution in [2.45, 2.75) is 19.6 Å². The lowest BCUT2D eigenvalue weighted by Crippen LogP contribution is -2.56. The molecule has 1 aliphatic heterocycles. The van der Waals surface area contributed by atoms with Gasteiger partial charge in [0.05, 0.1) is 13.1 Å². The van der Waals surface area contributed by atoms with E-state index in [0.29, 0.717) is 37.0 Å². The third kappa shape index (κ3) is 3.79. The molecular formula is C23H21N5O3. The summed E-state index contributed by atoms with van der Waals surface area (Å²) in [5.74, 6) is 1.74. The average Bonchev–Trinajstić information content (AvgIpc) is 3.46. The first-order chi connectivity index (χ1) is 15.2. The molecule has 0 atom stereocenters. The minimum atomic E-state index is -0.0270. The molecule has 0 spiro atoms. The maximum absolute atomic E-state index is 12.6. The van der Waals surface area contributed by atoms with Crippen LogP contribution in [0, 0.1) is 0 Å². The van der Waals surface area contributed by atoms with Crippen LogP contribution in [0.4, 0.5) is 0 Å². The molecule has 1 amide bonds. The van der Waals surface area contributed by atoms with Crippen LogP contribution in [0.25, 0.3) is 22.8 Å². The van der Waals surface area contributed by atoms with Crippen LogP contribution >= 0.6 is 0 Å². The molecule has 5 rings (SSSR count). The Balaban J connectivity index is 1.18. The Bertz CT molecular complexity index is 1180. The third-order valence-electron chi connectivity index (χ3n) is 5.23. The number of rotatable bonds is 6. The van der Waals surface area contributed by atoms with E-state index in [2.05, 4.69) is 15.2 Å². The Hall–Kier alpha value is -3.94. The highest BCUT2D eigenvalue weighted by Gasteiger charge is 2.34. The molecule has 0 N–H and O–H groups in total. The second-order valence-corrected chi connectivity index (χ2v) is 7.30. The van der Waals surface area contributed by atoms with Crippen LogP contribution in [0.3, 0.4) is 0 Å². The molecule has 31 heavy (non-hydrogen) atoms. The summed E-state index contributed by atoms with van der Waals surface area (Å²) in [5, 5.41) is 8.21. The standard InChI is InChI=1S/C23H21N5O3/c1-2-28-20(12-13-24-28)23(29)27-14-19(15-27)30-18-10-8-17(9-11-18)22-25-21(26-31-22)16-6-4-3-5-7-16/h3-13,19H,2,14-15H2,1H3. The Labute approximate surface area is 179 Å². The van der Waals surface area contributed by atoms with Crippen molar-refractivity contribution in [2.75, 3.05) is 13.1 Å². The lowest BCUT2D eigenvalue weighted by atomic mass is 10.1. The maximum Gasteiger partial charge on any atom is 0.272 e. The molecular weight excluding hydrogens is 394 g/mol. The SMILES string of the molecule is CCn1nccc1C(=O)N1CC(Oc2ccc(-c3nc(-c4ccccc4)no3)cc2)C1. The van der Waals surface area contributed by atoms with Crippen LogP contribution in [0.2, 0.25) is 0 Å². The van der Waals surface area contributed by atoms with Crippen molar-refractivity contribution in [1.29, 1.82) is 0 Å². The molecule has 8 nitrogen and oxygen atoms in total. The number of aromatic nitrogens is 4. The smallest absolute Gasteiger partial charge is 0.272 e.